The van der Waals surface area contributed by atoms with Crippen molar-refractivity contribution in [2.75, 3.05) is 18.4 Å². The van der Waals surface area contributed by atoms with Crippen LogP contribution in [0.15, 0.2) is 36.5 Å². The van der Waals surface area contributed by atoms with E-state index in [9.17, 15) is 9.59 Å². The number of pyridine rings is 1. The summed E-state index contributed by atoms with van der Waals surface area (Å²) in [6.07, 6.45) is 1.97. The molecule has 1 aliphatic heterocycles. The van der Waals surface area contributed by atoms with Crippen LogP contribution in [0.5, 0.6) is 0 Å². The van der Waals surface area contributed by atoms with Gasteiger partial charge < -0.3 is 15.0 Å². The molecule has 2 amide bonds. The van der Waals surface area contributed by atoms with Crippen LogP contribution < -0.4 is 5.32 Å². The minimum atomic E-state index is -0.536. The fourth-order valence-electron chi connectivity index (χ4n) is 2.91. The van der Waals surface area contributed by atoms with Crippen molar-refractivity contribution in [3.05, 3.63) is 36.5 Å². The van der Waals surface area contributed by atoms with Crippen molar-refractivity contribution in [2.45, 2.75) is 32.8 Å². The van der Waals surface area contributed by atoms with E-state index in [0.29, 0.717) is 25.2 Å². The van der Waals surface area contributed by atoms with Crippen LogP contribution in [0.3, 0.4) is 0 Å². The first-order chi connectivity index (χ1) is 11.8. The smallest absolute Gasteiger partial charge is 0.410 e. The number of nitrogens with zero attached hydrogens (tertiary/aromatic N) is 2. The fourth-order valence-corrected chi connectivity index (χ4v) is 2.91. The van der Waals surface area contributed by atoms with Gasteiger partial charge in [0.25, 0.3) is 0 Å². The van der Waals surface area contributed by atoms with Crippen LogP contribution in [0, 0.1) is 5.92 Å². The minimum absolute atomic E-state index is 0.0933. The van der Waals surface area contributed by atoms with E-state index in [4.69, 9.17) is 4.74 Å². The predicted molar refractivity (Wildman–Crippen MR) is 96.3 cm³/mol. The number of carbonyl (C=O) groups excluding carboxylic acids is 2. The monoisotopic (exact) mass is 341 g/mol. The Labute approximate surface area is 147 Å². The van der Waals surface area contributed by atoms with Gasteiger partial charge in [-0.3, -0.25) is 9.78 Å². The number of rotatable bonds is 2. The highest BCUT2D eigenvalue weighted by Crippen LogP contribution is 2.24. The second-order valence-corrected chi connectivity index (χ2v) is 7.28. The quantitative estimate of drug-likeness (QED) is 0.908. The lowest BCUT2D eigenvalue weighted by atomic mass is 10.1. The highest BCUT2D eigenvalue weighted by molar-refractivity contribution is 6.01. The number of fused-ring (bicyclic) bond motifs is 1. The summed E-state index contributed by atoms with van der Waals surface area (Å²) in [5.41, 5.74) is 0.922. The maximum atomic E-state index is 12.6. The average molecular weight is 341 g/mol. The van der Waals surface area contributed by atoms with Crippen molar-refractivity contribution < 1.29 is 14.3 Å². The lowest BCUT2D eigenvalue weighted by Gasteiger charge is -2.24. The third-order valence-electron chi connectivity index (χ3n) is 4.10. The van der Waals surface area contributed by atoms with E-state index < -0.39 is 5.60 Å². The van der Waals surface area contributed by atoms with Gasteiger partial charge in [0.1, 0.15) is 5.60 Å². The number of benzene rings is 1. The molecule has 1 N–H and O–H groups in total. The van der Waals surface area contributed by atoms with Crippen LogP contribution in [0.1, 0.15) is 27.2 Å². The van der Waals surface area contributed by atoms with Crippen LogP contribution in [-0.2, 0) is 9.53 Å². The molecule has 6 nitrogen and oxygen atoms in total. The molecule has 1 aromatic heterocycles. The Morgan fingerprint density at radius 1 is 1.24 bits per heavy atom. The summed E-state index contributed by atoms with van der Waals surface area (Å²) in [4.78, 5) is 30.7. The number of aromatic nitrogens is 1. The van der Waals surface area contributed by atoms with E-state index in [1.165, 1.54) is 0 Å². The Balaban J connectivity index is 1.65. The molecule has 1 atom stereocenters. The first-order valence-electron chi connectivity index (χ1n) is 8.46. The largest absolute Gasteiger partial charge is 0.444 e. The topological polar surface area (TPSA) is 71.5 Å². The van der Waals surface area contributed by atoms with Gasteiger partial charge in [0.15, 0.2) is 0 Å². The van der Waals surface area contributed by atoms with E-state index in [-0.39, 0.29) is 17.9 Å². The summed E-state index contributed by atoms with van der Waals surface area (Å²) in [7, 11) is 0. The highest BCUT2D eigenvalue weighted by atomic mass is 16.6. The molecule has 0 aliphatic carbocycles. The van der Waals surface area contributed by atoms with Crippen LogP contribution >= 0.6 is 0 Å². The van der Waals surface area contributed by atoms with E-state index in [0.717, 1.165) is 10.9 Å². The van der Waals surface area contributed by atoms with E-state index in [1.807, 2.05) is 51.1 Å². The van der Waals surface area contributed by atoms with Crippen molar-refractivity contribution in [2.24, 2.45) is 5.92 Å². The molecule has 3 rings (SSSR count). The first kappa shape index (κ1) is 17.2. The maximum Gasteiger partial charge on any atom is 0.410 e. The van der Waals surface area contributed by atoms with Crippen molar-refractivity contribution >= 4 is 28.6 Å². The summed E-state index contributed by atoms with van der Waals surface area (Å²) in [5.74, 6) is -0.337. The number of anilines is 1. The normalized spacial score (nSPS) is 17.6. The molecule has 0 spiro atoms. The SMILES string of the molecule is CC(C)(C)OC(=O)N1CC[C@@H](C(=O)Nc2cccc3cccnc23)C1. The number of ether oxygens (including phenoxy) is 1. The second-order valence-electron chi connectivity index (χ2n) is 7.28. The van der Waals surface area contributed by atoms with Gasteiger partial charge in [-0.2, -0.15) is 0 Å². The van der Waals surface area contributed by atoms with Crippen LogP contribution in [0.2, 0.25) is 0 Å². The van der Waals surface area contributed by atoms with Gasteiger partial charge in [-0.05, 0) is 39.3 Å². The molecular weight excluding hydrogens is 318 g/mol. The van der Waals surface area contributed by atoms with Crippen molar-refractivity contribution in [1.82, 2.24) is 9.88 Å². The molecule has 0 bridgehead atoms. The van der Waals surface area contributed by atoms with Crippen LogP contribution in [0.4, 0.5) is 10.5 Å². The van der Waals surface area contributed by atoms with E-state index in [1.54, 1.807) is 11.1 Å². The second kappa shape index (κ2) is 6.70. The Kier molecular flexibility index (Phi) is 4.61. The Morgan fingerprint density at radius 2 is 2.00 bits per heavy atom. The zero-order valence-corrected chi connectivity index (χ0v) is 14.8. The van der Waals surface area contributed by atoms with Crippen molar-refractivity contribution in [3.8, 4) is 0 Å². The van der Waals surface area contributed by atoms with Crippen LogP contribution in [0.25, 0.3) is 10.9 Å². The Hall–Kier alpha value is -2.63. The minimum Gasteiger partial charge on any atom is -0.444 e. The van der Waals surface area contributed by atoms with Gasteiger partial charge >= 0.3 is 6.09 Å². The maximum absolute atomic E-state index is 12.6. The molecule has 0 saturated carbocycles. The third-order valence-corrected chi connectivity index (χ3v) is 4.10. The van der Waals surface area contributed by atoms with Crippen molar-refractivity contribution in [1.29, 1.82) is 0 Å². The third kappa shape index (κ3) is 4.07. The molecule has 0 unspecified atom stereocenters. The zero-order valence-electron chi connectivity index (χ0n) is 14.8. The lowest BCUT2D eigenvalue weighted by molar-refractivity contribution is -0.119. The number of hydrogen-bond acceptors (Lipinski definition) is 4. The highest BCUT2D eigenvalue weighted by Gasteiger charge is 2.33. The van der Waals surface area contributed by atoms with Gasteiger partial charge in [0, 0.05) is 24.7 Å². The summed E-state index contributed by atoms with van der Waals surface area (Å²) >= 11 is 0. The molecular formula is C19H23N3O3. The molecule has 1 saturated heterocycles. The standard InChI is InChI=1S/C19H23N3O3/c1-19(2,3)25-18(24)22-11-9-14(12-22)17(23)21-15-8-4-6-13-7-5-10-20-16(13)15/h4-8,10,14H,9,11-12H2,1-3H3,(H,21,23)/t14-/m1/s1. The van der Waals surface area contributed by atoms with Gasteiger partial charge in [-0.25, -0.2) is 4.79 Å². The molecule has 0 radical (unpaired) electrons. The lowest BCUT2D eigenvalue weighted by Crippen LogP contribution is -2.36. The molecule has 25 heavy (non-hydrogen) atoms. The zero-order chi connectivity index (χ0) is 18.0. The average Bonchev–Trinajstić information content (AvgIpc) is 3.04. The van der Waals surface area contributed by atoms with Gasteiger partial charge in [-0.15, -0.1) is 0 Å². The number of amides is 2. The Bertz CT molecular complexity index is 793. The van der Waals surface area contributed by atoms with Crippen LogP contribution in [-0.4, -0.2) is 40.6 Å². The molecule has 2 heterocycles. The summed E-state index contributed by atoms with van der Waals surface area (Å²) < 4.78 is 5.37. The number of para-hydroxylation sites is 1. The molecule has 6 heteroatoms. The molecule has 2 aromatic rings. The number of hydrogen-bond donors (Lipinski definition) is 1. The number of likely N-dealkylation sites (tertiary alicyclic amines) is 1. The first-order valence-corrected chi connectivity index (χ1v) is 8.46. The summed E-state index contributed by atoms with van der Waals surface area (Å²) in [5, 5.41) is 3.93. The van der Waals surface area contributed by atoms with Gasteiger partial charge in [0.2, 0.25) is 5.91 Å². The number of carbonyl (C=O) groups is 2. The predicted octanol–water partition coefficient (Wildman–Crippen LogP) is 3.43. The number of nitrogens with one attached hydrogen (secondary N) is 1. The van der Waals surface area contributed by atoms with Gasteiger partial charge in [0.05, 0.1) is 17.1 Å². The molecule has 1 aliphatic rings. The Morgan fingerprint density at radius 3 is 2.76 bits per heavy atom. The summed E-state index contributed by atoms with van der Waals surface area (Å²) in [6, 6.07) is 9.51. The van der Waals surface area contributed by atoms with E-state index >= 15 is 0 Å². The fraction of sp³-hybridized carbons (Fsp3) is 0.421. The van der Waals surface area contributed by atoms with E-state index in [2.05, 4.69) is 10.3 Å². The summed E-state index contributed by atoms with van der Waals surface area (Å²) in [6.45, 7) is 6.40. The van der Waals surface area contributed by atoms with Crippen molar-refractivity contribution in [3.63, 3.8) is 0 Å². The molecule has 1 aromatic carbocycles. The molecule has 1 fully saturated rings. The molecule has 132 valence electrons. The van der Waals surface area contributed by atoms with Gasteiger partial charge in [-0.1, -0.05) is 18.2 Å².